The Morgan fingerprint density at radius 2 is 1.22 bits per heavy atom. The molecular formula is C42H31N3. The first-order valence-corrected chi connectivity index (χ1v) is 15.6. The van der Waals surface area contributed by atoms with E-state index in [1.54, 1.807) is 0 Å². The molecule has 0 aliphatic heterocycles. The van der Waals surface area contributed by atoms with Gasteiger partial charge in [0.15, 0.2) is 0 Å². The zero-order chi connectivity index (χ0) is 30.3. The Hall–Kier alpha value is -5.54. The molecule has 0 atom stereocenters. The summed E-state index contributed by atoms with van der Waals surface area (Å²) in [6.45, 7) is 6.88. The summed E-state index contributed by atoms with van der Waals surface area (Å²) in [5, 5.41) is 1.07. The van der Waals surface area contributed by atoms with Gasteiger partial charge < -0.3 is 0 Å². The number of aromatic nitrogens is 3. The van der Waals surface area contributed by atoms with Gasteiger partial charge in [-0.05, 0) is 81.8 Å². The van der Waals surface area contributed by atoms with Gasteiger partial charge in [0, 0.05) is 22.6 Å². The summed E-state index contributed by atoms with van der Waals surface area (Å²) in [6.07, 6.45) is 2.22. The molecule has 1 aliphatic carbocycles. The van der Waals surface area contributed by atoms with Crippen molar-refractivity contribution in [2.24, 2.45) is 0 Å². The summed E-state index contributed by atoms with van der Waals surface area (Å²) in [4.78, 5) is 10.3. The zero-order valence-corrected chi connectivity index (χ0v) is 25.5. The van der Waals surface area contributed by atoms with Crippen LogP contribution < -0.4 is 0 Å². The van der Waals surface area contributed by atoms with E-state index >= 15 is 0 Å². The van der Waals surface area contributed by atoms with E-state index in [9.17, 15) is 0 Å². The quantitative estimate of drug-likeness (QED) is 0.209. The van der Waals surface area contributed by atoms with Crippen LogP contribution in [0.5, 0.6) is 0 Å². The Labute approximate surface area is 262 Å². The number of aryl methyl sites for hydroxylation is 1. The van der Waals surface area contributed by atoms with E-state index < -0.39 is 0 Å². The molecule has 0 unspecified atom stereocenters. The van der Waals surface area contributed by atoms with Crippen molar-refractivity contribution >= 4 is 27.6 Å². The highest BCUT2D eigenvalue weighted by Gasteiger charge is 2.35. The predicted octanol–water partition coefficient (Wildman–Crippen LogP) is 10.7. The van der Waals surface area contributed by atoms with Crippen molar-refractivity contribution in [1.82, 2.24) is 14.4 Å². The van der Waals surface area contributed by atoms with Crippen molar-refractivity contribution < 1.29 is 0 Å². The lowest BCUT2D eigenvalue weighted by Gasteiger charge is -2.22. The third-order valence-corrected chi connectivity index (χ3v) is 9.64. The van der Waals surface area contributed by atoms with Gasteiger partial charge in [-0.1, -0.05) is 116 Å². The number of hydrogen-bond acceptors (Lipinski definition) is 2. The second kappa shape index (κ2) is 9.48. The van der Waals surface area contributed by atoms with Crippen molar-refractivity contribution in [2.45, 2.75) is 26.2 Å². The van der Waals surface area contributed by atoms with Crippen molar-refractivity contribution in [1.29, 1.82) is 0 Å². The minimum absolute atomic E-state index is 0.0352. The van der Waals surface area contributed by atoms with Gasteiger partial charge in [0.05, 0.1) is 16.7 Å². The van der Waals surface area contributed by atoms with E-state index in [-0.39, 0.29) is 5.41 Å². The number of hydrogen-bond donors (Lipinski definition) is 0. The van der Waals surface area contributed by atoms with Gasteiger partial charge in [-0.15, -0.1) is 0 Å². The second-order valence-corrected chi connectivity index (χ2v) is 12.8. The normalized spacial score (nSPS) is 13.4. The molecule has 0 N–H and O–H groups in total. The first-order valence-electron chi connectivity index (χ1n) is 15.6. The first-order chi connectivity index (χ1) is 22.0. The lowest BCUT2D eigenvalue weighted by Crippen LogP contribution is -2.15. The smallest absolute Gasteiger partial charge is 0.138 e. The number of pyridine rings is 2. The summed E-state index contributed by atoms with van der Waals surface area (Å²) in [7, 11) is 0. The molecule has 214 valence electrons. The summed E-state index contributed by atoms with van der Waals surface area (Å²) in [6, 6.07) is 45.8. The third kappa shape index (κ3) is 3.90. The Morgan fingerprint density at radius 3 is 2.07 bits per heavy atom. The molecule has 0 saturated heterocycles. The lowest BCUT2D eigenvalue weighted by atomic mass is 9.81. The minimum Gasteiger partial charge on any atom is -0.297 e. The molecule has 3 nitrogen and oxygen atoms in total. The minimum atomic E-state index is -0.0352. The molecule has 3 heterocycles. The van der Waals surface area contributed by atoms with Crippen LogP contribution in [0.25, 0.3) is 72.2 Å². The summed E-state index contributed by atoms with van der Waals surface area (Å²) < 4.78 is 2.22. The monoisotopic (exact) mass is 577 g/mol. The fourth-order valence-electron chi connectivity index (χ4n) is 7.28. The van der Waals surface area contributed by atoms with Crippen LogP contribution in [-0.2, 0) is 5.41 Å². The number of rotatable bonds is 3. The fraction of sp³-hybridized carbons (Fsp3) is 0.0952. The molecule has 0 bridgehead atoms. The maximum Gasteiger partial charge on any atom is 0.138 e. The summed E-state index contributed by atoms with van der Waals surface area (Å²) >= 11 is 0. The van der Waals surface area contributed by atoms with Gasteiger partial charge in [-0.3, -0.25) is 4.40 Å². The topological polar surface area (TPSA) is 30.2 Å². The lowest BCUT2D eigenvalue weighted by molar-refractivity contribution is 0.660. The van der Waals surface area contributed by atoms with E-state index in [0.29, 0.717) is 0 Å². The Balaban J connectivity index is 1.19. The van der Waals surface area contributed by atoms with Crippen LogP contribution >= 0.6 is 0 Å². The number of fused-ring (bicyclic) bond motifs is 8. The highest BCUT2D eigenvalue weighted by Crippen LogP contribution is 2.50. The summed E-state index contributed by atoms with van der Waals surface area (Å²) in [5.41, 5.74) is 17.5. The number of nitrogens with zero attached hydrogens (tertiary/aromatic N) is 3. The molecule has 0 amide bonds. The van der Waals surface area contributed by atoms with Gasteiger partial charge in [0.2, 0.25) is 0 Å². The van der Waals surface area contributed by atoms with Crippen LogP contribution in [0.15, 0.2) is 134 Å². The van der Waals surface area contributed by atoms with E-state index in [1.807, 2.05) is 12.1 Å². The SMILES string of the molecule is Cc1ccc2c(c1)C(C)(C)c1cc(-c3cccc(-c4ccc5nc6c7ccccc7nc(-c7ccccc7)c6n5c4)c3)ccc1-2. The van der Waals surface area contributed by atoms with Crippen molar-refractivity contribution in [2.75, 3.05) is 0 Å². The Kier molecular flexibility index (Phi) is 5.46. The third-order valence-electron chi connectivity index (χ3n) is 9.64. The van der Waals surface area contributed by atoms with Crippen LogP contribution in [0.4, 0.5) is 0 Å². The number of para-hydroxylation sites is 1. The molecule has 3 aromatic heterocycles. The molecule has 1 aliphatic rings. The molecule has 0 spiro atoms. The standard InChI is InChI=1S/C42H31N3/c1-26-16-19-32-33-20-17-30(24-36(33)42(2,3)35(32)22-26)28-12-9-13-29(23-28)31-18-21-38-44-40-34-14-7-8-15-37(34)43-39(41(40)45(38)25-31)27-10-5-4-6-11-27/h4-25H,1-3H3. The van der Waals surface area contributed by atoms with Crippen LogP contribution in [-0.4, -0.2) is 14.4 Å². The highest BCUT2D eigenvalue weighted by molar-refractivity contribution is 6.09. The molecule has 8 aromatic rings. The Bertz CT molecular complexity index is 2470. The van der Waals surface area contributed by atoms with Gasteiger partial charge in [-0.2, -0.15) is 0 Å². The van der Waals surface area contributed by atoms with E-state index in [2.05, 4.69) is 147 Å². The summed E-state index contributed by atoms with van der Waals surface area (Å²) in [5.74, 6) is 0. The molecule has 45 heavy (non-hydrogen) atoms. The molecule has 0 fully saturated rings. The first kappa shape index (κ1) is 25.9. The van der Waals surface area contributed by atoms with Crippen molar-refractivity contribution in [3.05, 3.63) is 150 Å². The molecule has 0 saturated carbocycles. The highest BCUT2D eigenvalue weighted by atomic mass is 15.0. The van der Waals surface area contributed by atoms with Crippen LogP contribution in [0.1, 0.15) is 30.5 Å². The molecular weight excluding hydrogens is 546 g/mol. The van der Waals surface area contributed by atoms with Crippen molar-refractivity contribution in [3.8, 4) is 44.6 Å². The van der Waals surface area contributed by atoms with E-state index in [4.69, 9.17) is 9.97 Å². The van der Waals surface area contributed by atoms with Gasteiger partial charge in [0.1, 0.15) is 11.2 Å². The number of benzene rings is 5. The molecule has 3 heteroatoms. The van der Waals surface area contributed by atoms with E-state index in [0.717, 1.165) is 44.4 Å². The predicted molar refractivity (Wildman–Crippen MR) is 187 cm³/mol. The van der Waals surface area contributed by atoms with Crippen LogP contribution in [0.2, 0.25) is 0 Å². The fourth-order valence-corrected chi connectivity index (χ4v) is 7.28. The second-order valence-electron chi connectivity index (χ2n) is 12.8. The van der Waals surface area contributed by atoms with Gasteiger partial charge >= 0.3 is 0 Å². The largest absolute Gasteiger partial charge is 0.297 e. The van der Waals surface area contributed by atoms with Gasteiger partial charge in [0.25, 0.3) is 0 Å². The van der Waals surface area contributed by atoms with E-state index in [1.165, 1.54) is 44.5 Å². The average molecular weight is 578 g/mol. The van der Waals surface area contributed by atoms with Crippen LogP contribution in [0.3, 0.4) is 0 Å². The van der Waals surface area contributed by atoms with Crippen molar-refractivity contribution in [3.63, 3.8) is 0 Å². The zero-order valence-electron chi connectivity index (χ0n) is 25.5. The van der Waals surface area contributed by atoms with Crippen LogP contribution in [0, 0.1) is 6.92 Å². The van der Waals surface area contributed by atoms with Gasteiger partial charge in [-0.25, -0.2) is 9.97 Å². The number of imidazole rings is 1. The maximum absolute atomic E-state index is 5.15. The molecule has 5 aromatic carbocycles. The Morgan fingerprint density at radius 1 is 0.556 bits per heavy atom. The average Bonchev–Trinajstić information content (AvgIpc) is 3.57. The maximum atomic E-state index is 5.15. The molecule has 9 rings (SSSR count). The molecule has 0 radical (unpaired) electrons.